The molecule has 0 aliphatic rings. The first-order valence-corrected chi connectivity index (χ1v) is 5.51. The SMILES string of the molecule is C#CCCCCC(=O)NC(C)CCC(=O)O. The Morgan fingerprint density at radius 1 is 1.38 bits per heavy atom. The van der Waals surface area contributed by atoms with E-state index in [1.807, 2.05) is 6.92 Å². The van der Waals surface area contributed by atoms with Gasteiger partial charge in [0.1, 0.15) is 0 Å². The average Bonchev–Trinajstić information content (AvgIpc) is 2.21. The van der Waals surface area contributed by atoms with Gasteiger partial charge in [0, 0.05) is 25.3 Å². The predicted octanol–water partition coefficient (Wildman–Crippen LogP) is 1.55. The molecule has 0 aromatic heterocycles. The second-order valence-electron chi connectivity index (χ2n) is 3.81. The van der Waals surface area contributed by atoms with E-state index in [1.165, 1.54) is 0 Å². The number of aliphatic carboxylic acids is 1. The lowest BCUT2D eigenvalue weighted by Crippen LogP contribution is -2.32. The molecule has 90 valence electrons. The standard InChI is InChI=1S/C12H19NO3/c1-3-4-5-6-7-11(14)13-10(2)8-9-12(15)16/h1,10H,4-9H2,2H3,(H,13,14)(H,15,16). The van der Waals surface area contributed by atoms with Gasteiger partial charge in [-0.1, -0.05) is 0 Å². The first-order valence-electron chi connectivity index (χ1n) is 5.51. The van der Waals surface area contributed by atoms with Gasteiger partial charge >= 0.3 is 5.97 Å². The van der Waals surface area contributed by atoms with Crippen LogP contribution in [0.5, 0.6) is 0 Å². The largest absolute Gasteiger partial charge is 0.481 e. The maximum Gasteiger partial charge on any atom is 0.303 e. The molecule has 0 radical (unpaired) electrons. The zero-order chi connectivity index (χ0) is 12.4. The minimum atomic E-state index is -0.838. The quantitative estimate of drug-likeness (QED) is 0.486. The van der Waals surface area contributed by atoms with Crippen molar-refractivity contribution >= 4 is 11.9 Å². The molecular formula is C12H19NO3. The zero-order valence-corrected chi connectivity index (χ0v) is 9.66. The lowest BCUT2D eigenvalue weighted by Gasteiger charge is -2.12. The van der Waals surface area contributed by atoms with E-state index in [-0.39, 0.29) is 18.4 Å². The third-order valence-corrected chi connectivity index (χ3v) is 2.17. The van der Waals surface area contributed by atoms with Crippen molar-refractivity contribution in [3.8, 4) is 12.3 Å². The van der Waals surface area contributed by atoms with Crippen LogP contribution in [0, 0.1) is 12.3 Å². The van der Waals surface area contributed by atoms with Crippen LogP contribution in [0.2, 0.25) is 0 Å². The Labute approximate surface area is 96.4 Å². The number of hydrogen-bond donors (Lipinski definition) is 2. The molecule has 0 heterocycles. The third kappa shape index (κ3) is 9.07. The summed E-state index contributed by atoms with van der Waals surface area (Å²) in [5, 5.41) is 11.2. The highest BCUT2D eigenvalue weighted by Crippen LogP contribution is 2.01. The maximum absolute atomic E-state index is 11.4. The van der Waals surface area contributed by atoms with Crippen LogP contribution in [0.4, 0.5) is 0 Å². The summed E-state index contributed by atoms with van der Waals surface area (Å²) in [5.41, 5.74) is 0. The van der Waals surface area contributed by atoms with Crippen molar-refractivity contribution in [3.05, 3.63) is 0 Å². The Balaban J connectivity index is 3.54. The average molecular weight is 225 g/mol. The topological polar surface area (TPSA) is 66.4 Å². The molecule has 0 rings (SSSR count). The summed E-state index contributed by atoms with van der Waals surface area (Å²) in [4.78, 5) is 21.7. The van der Waals surface area contributed by atoms with Gasteiger partial charge in [-0.3, -0.25) is 9.59 Å². The summed E-state index contributed by atoms with van der Waals surface area (Å²) in [7, 11) is 0. The molecule has 16 heavy (non-hydrogen) atoms. The molecule has 2 N–H and O–H groups in total. The Morgan fingerprint density at radius 3 is 2.62 bits per heavy atom. The number of rotatable bonds is 8. The Kier molecular flexibility index (Phi) is 7.96. The molecule has 0 aromatic carbocycles. The number of carbonyl (C=O) groups is 2. The Hall–Kier alpha value is -1.50. The lowest BCUT2D eigenvalue weighted by molar-refractivity contribution is -0.137. The van der Waals surface area contributed by atoms with E-state index in [9.17, 15) is 9.59 Å². The van der Waals surface area contributed by atoms with Crippen LogP contribution in [-0.2, 0) is 9.59 Å². The fraction of sp³-hybridized carbons (Fsp3) is 0.667. The number of amides is 1. The van der Waals surface area contributed by atoms with Crippen molar-refractivity contribution in [1.29, 1.82) is 0 Å². The van der Waals surface area contributed by atoms with Crippen LogP contribution in [0.3, 0.4) is 0 Å². The fourth-order valence-electron chi connectivity index (χ4n) is 1.27. The number of carboxylic acids is 1. The molecule has 0 spiro atoms. The van der Waals surface area contributed by atoms with Crippen LogP contribution in [0.1, 0.15) is 45.4 Å². The third-order valence-electron chi connectivity index (χ3n) is 2.17. The molecule has 1 unspecified atom stereocenters. The van der Waals surface area contributed by atoms with Gasteiger partial charge in [-0.2, -0.15) is 0 Å². The number of unbranched alkanes of at least 4 members (excludes halogenated alkanes) is 2. The highest BCUT2D eigenvalue weighted by Gasteiger charge is 2.08. The van der Waals surface area contributed by atoms with Gasteiger partial charge in [0.15, 0.2) is 0 Å². The van der Waals surface area contributed by atoms with Crippen molar-refractivity contribution in [3.63, 3.8) is 0 Å². The summed E-state index contributed by atoms with van der Waals surface area (Å²) < 4.78 is 0. The monoisotopic (exact) mass is 225 g/mol. The predicted molar refractivity (Wildman–Crippen MR) is 61.8 cm³/mol. The summed E-state index contributed by atoms with van der Waals surface area (Å²) in [6.07, 6.45) is 8.42. The molecule has 0 aromatic rings. The lowest BCUT2D eigenvalue weighted by atomic mass is 10.1. The van der Waals surface area contributed by atoms with Crippen molar-refractivity contribution in [2.45, 2.75) is 51.5 Å². The molecule has 0 fully saturated rings. The number of carbonyl (C=O) groups excluding carboxylic acids is 1. The minimum Gasteiger partial charge on any atom is -0.481 e. The van der Waals surface area contributed by atoms with Crippen LogP contribution in [0.15, 0.2) is 0 Å². The van der Waals surface area contributed by atoms with E-state index in [1.54, 1.807) is 0 Å². The van der Waals surface area contributed by atoms with Crippen LogP contribution in [-0.4, -0.2) is 23.0 Å². The van der Waals surface area contributed by atoms with E-state index in [2.05, 4.69) is 11.2 Å². The van der Waals surface area contributed by atoms with Gasteiger partial charge in [-0.05, 0) is 26.2 Å². The molecule has 0 aliphatic carbocycles. The Morgan fingerprint density at radius 2 is 2.06 bits per heavy atom. The summed E-state index contributed by atoms with van der Waals surface area (Å²) in [6, 6.07) is -0.0868. The normalized spacial score (nSPS) is 11.5. The summed E-state index contributed by atoms with van der Waals surface area (Å²) >= 11 is 0. The summed E-state index contributed by atoms with van der Waals surface area (Å²) in [5.74, 6) is 1.65. The number of nitrogens with one attached hydrogen (secondary N) is 1. The van der Waals surface area contributed by atoms with Crippen molar-refractivity contribution in [1.82, 2.24) is 5.32 Å². The number of terminal acetylenes is 1. The van der Waals surface area contributed by atoms with Gasteiger partial charge in [0.05, 0.1) is 0 Å². The van der Waals surface area contributed by atoms with Gasteiger partial charge in [-0.25, -0.2) is 0 Å². The molecule has 4 heteroatoms. The zero-order valence-electron chi connectivity index (χ0n) is 9.66. The number of carboxylic acid groups (broad SMARTS) is 1. The molecule has 1 amide bonds. The van der Waals surface area contributed by atoms with E-state index in [4.69, 9.17) is 11.5 Å². The highest BCUT2D eigenvalue weighted by molar-refractivity contribution is 5.76. The van der Waals surface area contributed by atoms with Crippen LogP contribution >= 0.6 is 0 Å². The second-order valence-corrected chi connectivity index (χ2v) is 3.81. The molecule has 0 aliphatic heterocycles. The smallest absolute Gasteiger partial charge is 0.303 e. The molecule has 0 saturated heterocycles. The van der Waals surface area contributed by atoms with Gasteiger partial charge in [0.2, 0.25) is 5.91 Å². The van der Waals surface area contributed by atoms with Crippen LogP contribution in [0.25, 0.3) is 0 Å². The van der Waals surface area contributed by atoms with Gasteiger partial charge < -0.3 is 10.4 Å². The minimum absolute atomic E-state index is 0.0325. The van der Waals surface area contributed by atoms with E-state index < -0.39 is 5.97 Å². The Bertz CT molecular complexity index is 268. The fourth-order valence-corrected chi connectivity index (χ4v) is 1.27. The maximum atomic E-state index is 11.4. The molecule has 0 saturated carbocycles. The molecule has 0 bridgehead atoms. The molecular weight excluding hydrogens is 206 g/mol. The second kappa shape index (κ2) is 8.78. The van der Waals surface area contributed by atoms with Gasteiger partial charge in [0.25, 0.3) is 0 Å². The van der Waals surface area contributed by atoms with E-state index in [0.717, 1.165) is 12.8 Å². The van der Waals surface area contributed by atoms with Crippen LogP contribution < -0.4 is 5.32 Å². The first kappa shape index (κ1) is 14.5. The highest BCUT2D eigenvalue weighted by atomic mass is 16.4. The van der Waals surface area contributed by atoms with Crippen molar-refractivity contribution in [2.24, 2.45) is 0 Å². The number of hydrogen-bond acceptors (Lipinski definition) is 2. The molecule has 4 nitrogen and oxygen atoms in total. The summed E-state index contributed by atoms with van der Waals surface area (Å²) in [6.45, 7) is 1.81. The van der Waals surface area contributed by atoms with E-state index >= 15 is 0 Å². The van der Waals surface area contributed by atoms with E-state index in [0.29, 0.717) is 19.3 Å². The van der Waals surface area contributed by atoms with Crippen molar-refractivity contribution in [2.75, 3.05) is 0 Å². The van der Waals surface area contributed by atoms with Gasteiger partial charge in [-0.15, -0.1) is 12.3 Å². The first-order chi connectivity index (χ1) is 7.56. The van der Waals surface area contributed by atoms with Crippen molar-refractivity contribution < 1.29 is 14.7 Å². The molecule has 1 atom stereocenters.